The molecule has 0 atom stereocenters. The maximum absolute atomic E-state index is 12.6. The van der Waals surface area contributed by atoms with Crippen LogP contribution in [0.4, 0.5) is 0 Å². The first-order chi connectivity index (χ1) is 14.5. The molecule has 0 aromatic heterocycles. The number of benzene rings is 1. The van der Waals surface area contributed by atoms with Crippen molar-refractivity contribution in [3.05, 3.63) is 35.4 Å². The van der Waals surface area contributed by atoms with Gasteiger partial charge in [0.2, 0.25) is 11.8 Å². The van der Waals surface area contributed by atoms with Crippen molar-refractivity contribution in [3.63, 3.8) is 0 Å². The highest BCUT2D eigenvalue weighted by atomic mass is 16.2. The van der Waals surface area contributed by atoms with Crippen LogP contribution in [-0.4, -0.2) is 29.2 Å². The monoisotopic (exact) mass is 409 g/mol. The second kappa shape index (κ2) is 7.71. The normalized spacial score (nSPS) is 31.8. The minimum Gasteiger partial charge on any atom is -0.338 e. The molecule has 3 amide bonds. The Labute approximate surface area is 177 Å². The van der Waals surface area contributed by atoms with Crippen molar-refractivity contribution in [3.8, 4) is 0 Å². The first kappa shape index (κ1) is 19.6. The largest absolute Gasteiger partial charge is 0.338 e. The second-order valence-electron chi connectivity index (χ2n) is 10.2. The average Bonchev–Trinajstić information content (AvgIpc) is 3.10. The van der Waals surface area contributed by atoms with Gasteiger partial charge in [-0.05, 0) is 85.8 Å². The van der Waals surface area contributed by atoms with Crippen LogP contribution in [0.15, 0.2) is 24.3 Å². The molecule has 0 spiro atoms. The molecule has 0 unspecified atom stereocenters. The van der Waals surface area contributed by atoms with Crippen LogP contribution in [0.3, 0.4) is 0 Å². The Morgan fingerprint density at radius 2 is 1.60 bits per heavy atom. The summed E-state index contributed by atoms with van der Waals surface area (Å²) in [5, 5.41) is 0. The van der Waals surface area contributed by atoms with E-state index in [1.165, 1.54) is 38.5 Å². The predicted octanol–water partition coefficient (Wildman–Crippen LogP) is 3.18. The van der Waals surface area contributed by atoms with Crippen molar-refractivity contribution in [1.29, 1.82) is 0 Å². The average molecular weight is 410 g/mol. The molecule has 1 saturated heterocycles. The number of hydrogen-bond acceptors (Lipinski definition) is 3. The van der Waals surface area contributed by atoms with E-state index < -0.39 is 0 Å². The Hall–Kier alpha value is -2.37. The van der Waals surface area contributed by atoms with Crippen molar-refractivity contribution >= 4 is 17.7 Å². The number of amides is 3. The number of hydrogen-bond donors (Lipinski definition) is 2. The standard InChI is InChI=1S/C24H31N3O3/c28-21(14-24-11-17-8-18(12-24)10-19(9-17)13-24)25-26-23(30)20-5-3-16(4-6-20)15-27-7-1-2-22(27)29/h3-6,17-19H,1-2,7-15H2,(H,25,28)(H,26,30). The molecule has 5 aliphatic rings. The molecular weight excluding hydrogens is 378 g/mol. The van der Waals surface area contributed by atoms with Crippen molar-refractivity contribution in [2.45, 2.75) is 64.3 Å². The minimum absolute atomic E-state index is 0.0746. The summed E-state index contributed by atoms with van der Waals surface area (Å²) < 4.78 is 0. The lowest BCUT2D eigenvalue weighted by Crippen LogP contribution is -2.50. The summed E-state index contributed by atoms with van der Waals surface area (Å²) in [7, 11) is 0. The molecule has 1 aromatic rings. The number of nitrogens with zero attached hydrogens (tertiary/aromatic N) is 1. The summed E-state index contributed by atoms with van der Waals surface area (Å²) in [4.78, 5) is 38.6. The summed E-state index contributed by atoms with van der Waals surface area (Å²) in [5.74, 6) is 2.25. The van der Waals surface area contributed by atoms with Gasteiger partial charge >= 0.3 is 0 Å². The fourth-order valence-electron chi connectivity index (χ4n) is 6.94. The van der Waals surface area contributed by atoms with Gasteiger partial charge in [0, 0.05) is 31.5 Å². The van der Waals surface area contributed by atoms with Gasteiger partial charge in [0.25, 0.3) is 5.91 Å². The molecule has 6 rings (SSSR count). The number of carbonyl (C=O) groups excluding carboxylic acids is 3. The molecule has 4 bridgehead atoms. The molecule has 1 aromatic carbocycles. The lowest BCUT2D eigenvalue weighted by atomic mass is 9.49. The van der Waals surface area contributed by atoms with Gasteiger partial charge in [-0.25, -0.2) is 0 Å². The van der Waals surface area contributed by atoms with E-state index in [1.54, 1.807) is 12.1 Å². The van der Waals surface area contributed by atoms with Gasteiger partial charge in [-0.3, -0.25) is 25.2 Å². The zero-order valence-electron chi connectivity index (χ0n) is 17.5. The van der Waals surface area contributed by atoms with E-state index in [2.05, 4.69) is 10.9 Å². The summed E-state index contributed by atoms with van der Waals surface area (Å²) in [5.41, 5.74) is 6.90. The van der Waals surface area contributed by atoms with Crippen molar-refractivity contribution < 1.29 is 14.4 Å². The maximum atomic E-state index is 12.6. The Bertz CT molecular complexity index is 812. The molecular formula is C24H31N3O3. The summed E-state index contributed by atoms with van der Waals surface area (Å²) >= 11 is 0. The summed E-state index contributed by atoms with van der Waals surface area (Å²) in [6.45, 7) is 1.39. The van der Waals surface area contributed by atoms with E-state index in [1.807, 2.05) is 17.0 Å². The smallest absolute Gasteiger partial charge is 0.269 e. The molecule has 6 heteroatoms. The fourth-order valence-corrected chi connectivity index (χ4v) is 6.94. The minimum atomic E-state index is -0.308. The number of rotatable bonds is 5. The van der Waals surface area contributed by atoms with E-state index in [0.29, 0.717) is 24.9 Å². The topological polar surface area (TPSA) is 78.5 Å². The lowest BCUT2D eigenvalue weighted by Gasteiger charge is -2.56. The van der Waals surface area contributed by atoms with Crippen LogP contribution < -0.4 is 10.9 Å². The zero-order valence-corrected chi connectivity index (χ0v) is 17.5. The van der Waals surface area contributed by atoms with Gasteiger partial charge < -0.3 is 4.90 Å². The Morgan fingerprint density at radius 1 is 0.967 bits per heavy atom. The third-order valence-electron chi connectivity index (χ3n) is 7.78. The molecule has 1 heterocycles. The zero-order chi connectivity index (χ0) is 20.7. The van der Waals surface area contributed by atoms with E-state index in [9.17, 15) is 14.4 Å². The van der Waals surface area contributed by atoms with Gasteiger partial charge in [0.15, 0.2) is 0 Å². The Kier molecular flexibility index (Phi) is 5.03. The third-order valence-corrected chi connectivity index (χ3v) is 7.78. The van der Waals surface area contributed by atoms with E-state index in [4.69, 9.17) is 0 Å². The first-order valence-corrected chi connectivity index (χ1v) is 11.4. The molecule has 6 nitrogen and oxygen atoms in total. The highest BCUT2D eigenvalue weighted by molar-refractivity contribution is 5.95. The fraction of sp³-hybridized carbons (Fsp3) is 0.625. The van der Waals surface area contributed by atoms with Crippen LogP contribution in [0.1, 0.15) is 73.7 Å². The molecule has 4 saturated carbocycles. The van der Waals surface area contributed by atoms with Crippen LogP contribution in [0.25, 0.3) is 0 Å². The third kappa shape index (κ3) is 3.96. The number of carbonyl (C=O) groups is 3. The number of nitrogens with one attached hydrogen (secondary N) is 2. The van der Waals surface area contributed by atoms with Crippen LogP contribution in [0.2, 0.25) is 0 Å². The highest BCUT2D eigenvalue weighted by Crippen LogP contribution is 2.61. The highest BCUT2D eigenvalue weighted by Gasteiger charge is 2.51. The Balaban J connectivity index is 1.12. The van der Waals surface area contributed by atoms with Crippen LogP contribution in [0.5, 0.6) is 0 Å². The lowest BCUT2D eigenvalue weighted by molar-refractivity contribution is -0.130. The van der Waals surface area contributed by atoms with Crippen LogP contribution in [-0.2, 0) is 16.1 Å². The molecule has 5 fully saturated rings. The maximum Gasteiger partial charge on any atom is 0.269 e. The van der Waals surface area contributed by atoms with Gasteiger partial charge in [-0.2, -0.15) is 0 Å². The number of hydrazine groups is 1. The molecule has 4 aliphatic carbocycles. The van der Waals surface area contributed by atoms with Crippen molar-refractivity contribution in [2.24, 2.45) is 23.2 Å². The summed E-state index contributed by atoms with van der Waals surface area (Å²) in [6, 6.07) is 7.24. The van der Waals surface area contributed by atoms with Crippen molar-refractivity contribution in [2.75, 3.05) is 6.54 Å². The number of likely N-dealkylation sites (tertiary alicyclic amines) is 1. The van der Waals surface area contributed by atoms with E-state index >= 15 is 0 Å². The summed E-state index contributed by atoms with van der Waals surface area (Å²) in [6.07, 6.45) is 9.70. The molecule has 160 valence electrons. The molecule has 1 aliphatic heterocycles. The van der Waals surface area contributed by atoms with Gasteiger partial charge in [0.05, 0.1) is 0 Å². The molecule has 30 heavy (non-hydrogen) atoms. The first-order valence-electron chi connectivity index (χ1n) is 11.4. The van der Waals surface area contributed by atoms with Crippen LogP contribution >= 0.6 is 0 Å². The second-order valence-corrected chi connectivity index (χ2v) is 10.2. The molecule has 0 radical (unpaired) electrons. The van der Waals surface area contributed by atoms with Crippen molar-refractivity contribution in [1.82, 2.24) is 15.8 Å². The predicted molar refractivity (Wildman–Crippen MR) is 112 cm³/mol. The van der Waals surface area contributed by atoms with Crippen LogP contribution in [0, 0.1) is 23.2 Å². The van der Waals surface area contributed by atoms with Gasteiger partial charge in [0.1, 0.15) is 0 Å². The quantitative estimate of drug-likeness (QED) is 0.733. The van der Waals surface area contributed by atoms with E-state index in [-0.39, 0.29) is 23.1 Å². The van der Waals surface area contributed by atoms with Gasteiger partial charge in [-0.1, -0.05) is 12.1 Å². The SMILES string of the molecule is O=C(CC12CC3CC(CC(C3)C1)C2)NNC(=O)c1ccc(CN2CCCC2=O)cc1. The molecule has 2 N–H and O–H groups in total. The van der Waals surface area contributed by atoms with E-state index in [0.717, 1.165) is 36.3 Å². The Morgan fingerprint density at radius 3 is 2.17 bits per heavy atom. The van der Waals surface area contributed by atoms with Gasteiger partial charge in [-0.15, -0.1) is 0 Å².